The van der Waals surface area contributed by atoms with Crippen LogP contribution in [0.1, 0.15) is 17.5 Å². The fraction of sp³-hybridized carbons (Fsp3) is 0.462. The molecule has 0 spiro atoms. The third-order valence-corrected chi connectivity index (χ3v) is 2.61. The lowest BCUT2D eigenvalue weighted by atomic mass is 10.1. The molecule has 0 bridgehead atoms. The van der Waals surface area contributed by atoms with Crippen LogP contribution in [0, 0.1) is 17.1 Å². The summed E-state index contributed by atoms with van der Waals surface area (Å²) in [6.07, 6.45) is 0.547. The van der Waals surface area contributed by atoms with Gasteiger partial charge in [-0.3, -0.25) is 0 Å². The molecule has 0 heterocycles. The SMILES string of the molecule is COCC(CCO)NCc1ccc(C#N)cc1F. The van der Waals surface area contributed by atoms with Crippen LogP contribution >= 0.6 is 0 Å². The predicted octanol–water partition coefficient (Wildman–Crippen LogP) is 1.18. The van der Waals surface area contributed by atoms with Crippen LogP contribution in [0.4, 0.5) is 4.39 Å². The normalized spacial score (nSPS) is 12.1. The zero-order valence-electron chi connectivity index (χ0n) is 10.3. The number of hydrogen-bond acceptors (Lipinski definition) is 4. The number of methoxy groups -OCH3 is 1. The molecule has 18 heavy (non-hydrogen) atoms. The first kappa shape index (κ1) is 14.6. The molecule has 0 radical (unpaired) electrons. The number of benzene rings is 1. The van der Waals surface area contributed by atoms with Crippen molar-refractivity contribution in [1.82, 2.24) is 5.32 Å². The van der Waals surface area contributed by atoms with Crippen molar-refractivity contribution < 1.29 is 14.2 Å². The summed E-state index contributed by atoms with van der Waals surface area (Å²) < 4.78 is 18.6. The quantitative estimate of drug-likeness (QED) is 0.765. The Bertz CT molecular complexity index is 412. The van der Waals surface area contributed by atoms with Crippen molar-refractivity contribution in [3.05, 3.63) is 35.1 Å². The Balaban J connectivity index is 2.59. The van der Waals surface area contributed by atoms with Crippen molar-refractivity contribution in [3.8, 4) is 6.07 Å². The van der Waals surface area contributed by atoms with E-state index in [-0.39, 0.29) is 12.6 Å². The number of halogens is 1. The van der Waals surface area contributed by atoms with Crippen LogP contribution in [-0.2, 0) is 11.3 Å². The number of aliphatic hydroxyl groups is 1. The maximum absolute atomic E-state index is 13.6. The first-order valence-corrected chi connectivity index (χ1v) is 5.73. The molecule has 1 atom stereocenters. The summed E-state index contributed by atoms with van der Waals surface area (Å²) >= 11 is 0. The second-order valence-electron chi connectivity index (χ2n) is 3.96. The fourth-order valence-corrected chi connectivity index (χ4v) is 1.62. The Labute approximate surface area is 106 Å². The largest absolute Gasteiger partial charge is 0.396 e. The standard InChI is InChI=1S/C13H17FN2O2/c1-18-9-12(4-5-17)16-8-11-3-2-10(7-15)6-13(11)14/h2-3,6,12,16-17H,4-5,8-9H2,1H3. The summed E-state index contributed by atoms with van der Waals surface area (Å²) in [5, 5.41) is 20.6. The molecule has 4 nitrogen and oxygen atoms in total. The third kappa shape index (κ3) is 4.41. The van der Waals surface area contributed by atoms with Gasteiger partial charge in [-0.15, -0.1) is 0 Å². The van der Waals surface area contributed by atoms with E-state index in [1.165, 1.54) is 6.07 Å². The summed E-state index contributed by atoms with van der Waals surface area (Å²) in [7, 11) is 1.58. The van der Waals surface area contributed by atoms with E-state index in [4.69, 9.17) is 15.1 Å². The molecule has 1 rings (SSSR count). The molecule has 1 aromatic rings. The molecule has 5 heteroatoms. The molecule has 1 aromatic carbocycles. The zero-order valence-corrected chi connectivity index (χ0v) is 10.3. The van der Waals surface area contributed by atoms with Crippen LogP contribution in [0.15, 0.2) is 18.2 Å². The smallest absolute Gasteiger partial charge is 0.129 e. The number of nitrogens with one attached hydrogen (secondary N) is 1. The van der Waals surface area contributed by atoms with Crippen molar-refractivity contribution >= 4 is 0 Å². The fourth-order valence-electron chi connectivity index (χ4n) is 1.62. The van der Waals surface area contributed by atoms with Crippen LogP contribution in [0.2, 0.25) is 0 Å². The van der Waals surface area contributed by atoms with Crippen molar-refractivity contribution in [2.24, 2.45) is 0 Å². The van der Waals surface area contributed by atoms with E-state index in [9.17, 15) is 4.39 Å². The number of nitriles is 1. The molecule has 0 aromatic heterocycles. The van der Waals surface area contributed by atoms with Crippen LogP contribution < -0.4 is 5.32 Å². The maximum Gasteiger partial charge on any atom is 0.129 e. The van der Waals surface area contributed by atoms with Gasteiger partial charge in [-0.1, -0.05) is 6.07 Å². The van der Waals surface area contributed by atoms with E-state index in [2.05, 4.69) is 5.32 Å². The Morgan fingerprint density at radius 3 is 2.89 bits per heavy atom. The summed E-state index contributed by atoms with van der Waals surface area (Å²) in [5.74, 6) is -0.401. The molecular formula is C13H17FN2O2. The zero-order chi connectivity index (χ0) is 13.4. The van der Waals surface area contributed by atoms with Gasteiger partial charge in [-0.05, 0) is 18.6 Å². The molecule has 0 saturated heterocycles. The van der Waals surface area contributed by atoms with E-state index in [0.717, 1.165) is 0 Å². The van der Waals surface area contributed by atoms with Gasteiger partial charge in [-0.25, -0.2) is 4.39 Å². The minimum atomic E-state index is -0.401. The summed E-state index contributed by atoms with van der Waals surface area (Å²) in [4.78, 5) is 0. The lowest BCUT2D eigenvalue weighted by molar-refractivity contribution is 0.148. The van der Waals surface area contributed by atoms with Crippen molar-refractivity contribution in [1.29, 1.82) is 5.26 Å². The van der Waals surface area contributed by atoms with Crippen LogP contribution in [0.3, 0.4) is 0 Å². The van der Waals surface area contributed by atoms with Gasteiger partial charge >= 0.3 is 0 Å². The second-order valence-corrected chi connectivity index (χ2v) is 3.96. The van der Waals surface area contributed by atoms with Crippen LogP contribution in [-0.4, -0.2) is 31.5 Å². The summed E-state index contributed by atoms with van der Waals surface area (Å²) in [6, 6.07) is 6.25. The van der Waals surface area contributed by atoms with Gasteiger partial charge in [0.15, 0.2) is 0 Å². The van der Waals surface area contributed by atoms with Gasteiger partial charge in [0.25, 0.3) is 0 Å². The van der Waals surface area contributed by atoms with Crippen LogP contribution in [0.5, 0.6) is 0 Å². The van der Waals surface area contributed by atoms with E-state index in [1.54, 1.807) is 19.2 Å². The molecule has 0 saturated carbocycles. The Kier molecular flexibility index (Phi) is 6.29. The minimum Gasteiger partial charge on any atom is -0.396 e. The summed E-state index contributed by atoms with van der Waals surface area (Å²) in [5.41, 5.74) is 0.799. The predicted molar refractivity (Wildman–Crippen MR) is 65.3 cm³/mol. The van der Waals surface area contributed by atoms with Gasteiger partial charge in [-0.2, -0.15) is 5.26 Å². The van der Waals surface area contributed by atoms with Gasteiger partial charge in [0.2, 0.25) is 0 Å². The highest BCUT2D eigenvalue weighted by Crippen LogP contribution is 2.10. The molecule has 0 amide bonds. The molecule has 0 aliphatic rings. The van der Waals surface area contributed by atoms with Gasteiger partial charge < -0.3 is 15.2 Å². The Morgan fingerprint density at radius 1 is 1.56 bits per heavy atom. The lowest BCUT2D eigenvalue weighted by Crippen LogP contribution is -2.33. The average molecular weight is 252 g/mol. The molecule has 0 fully saturated rings. The lowest BCUT2D eigenvalue weighted by Gasteiger charge is -2.17. The van der Waals surface area contributed by atoms with Crippen LogP contribution in [0.25, 0.3) is 0 Å². The van der Waals surface area contributed by atoms with Crippen molar-refractivity contribution in [2.45, 2.75) is 19.0 Å². The molecule has 0 aliphatic heterocycles. The number of hydrogen-bond donors (Lipinski definition) is 2. The molecule has 0 aliphatic carbocycles. The topological polar surface area (TPSA) is 65.3 Å². The number of aliphatic hydroxyl groups excluding tert-OH is 1. The monoisotopic (exact) mass is 252 g/mol. The highest BCUT2D eigenvalue weighted by Gasteiger charge is 2.09. The first-order chi connectivity index (χ1) is 8.71. The summed E-state index contributed by atoms with van der Waals surface area (Å²) in [6.45, 7) is 0.848. The van der Waals surface area contributed by atoms with Gasteiger partial charge in [0.1, 0.15) is 5.82 Å². The minimum absolute atomic E-state index is 0.0185. The van der Waals surface area contributed by atoms with E-state index < -0.39 is 5.82 Å². The van der Waals surface area contributed by atoms with Crippen molar-refractivity contribution in [3.63, 3.8) is 0 Å². The molecule has 2 N–H and O–H groups in total. The molecule has 1 unspecified atom stereocenters. The Morgan fingerprint density at radius 2 is 2.33 bits per heavy atom. The Hall–Kier alpha value is -1.48. The number of rotatable bonds is 7. The van der Waals surface area contributed by atoms with E-state index in [1.807, 2.05) is 6.07 Å². The first-order valence-electron chi connectivity index (χ1n) is 5.73. The number of nitrogens with zero attached hydrogens (tertiary/aromatic N) is 1. The van der Waals surface area contributed by atoms with Gasteiger partial charge in [0, 0.05) is 31.9 Å². The van der Waals surface area contributed by atoms with Gasteiger partial charge in [0.05, 0.1) is 18.2 Å². The van der Waals surface area contributed by atoms with E-state index >= 15 is 0 Å². The highest BCUT2D eigenvalue weighted by molar-refractivity contribution is 5.32. The molecule has 98 valence electrons. The molecular weight excluding hydrogens is 235 g/mol. The van der Waals surface area contributed by atoms with E-state index in [0.29, 0.717) is 30.7 Å². The second kappa shape index (κ2) is 7.77. The number of ether oxygens (including phenoxy) is 1. The third-order valence-electron chi connectivity index (χ3n) is 2.61. The highest BCUT2D eigenvalue weighted by atomic mass is 19.1. The maximum atomic E-state index is 13.6. The average Bonchev–Trinajstić information content (AvgIpc) is 2.37. The van der Waals surface area contributed by atoms with Crippen molar-refractivity contribution in [2.75, 3.05) is 20.3 Å².